The normalized spacial score (nSPS) is 10.8. The highest BCUT2D eigenvalue weighted by atomic mass is 79.9. The Hall–Kier alpha value is -1.99. The third kappa shape index (κ3) is 2.88. The Balaban J connectivity index is 1.91. The first kappa shape index (κ1) is 14.0. The first-order chi connectivity index (χ1) is 10.0. The summed E-state index contributed by atoms with van der Waals surface area (Å²) in [5, 5.41) is 3.12. The number of carbonyl (C=O) groups excluding carboxylic acids is 1. The maximum atomic E-state index is 13.2. The van der Waals surface area contributed by atoms with E-state index < -0.39 is 5.82 Å². The summed E-state index contributed by atoms with van der Waals surface area (Å²) in [5.74, 6) is -0.741. The summed E-state index contributed by atoms with van der Waals surface area (Å²) in [6, 6.07) is 9.21. The van der Waals surface area contributed by atoms with E-state index in [0.717, 1.165) is 10.2 Å². The van der Waals surface area contributed by atoms with Crippen LogP contribution in [0.5, 0.6) is 0 Å². The summed E-state index contributed by atoms with van der Waals surface area (Å²) in [4.78, 5) is 16.4. The number of thiazole rings is 1. The topological polar surface area (TPSA) is 68.0 Å². The maximum Gasteiger partial charge on any atom is 0.255 e. The molecule has 0 bridgehead atoms. The minimum absolute atomic E-state index is 0.324. The number of nitrogens with zero attached hydrogens (tertiary/aromatic N) is 1. The molecule has 0 unspecified atom stereocenters. The van der Waals surface area contributed by atoms with Crippen LogP contribution in [0.1, 0.15) is 10.4 Å². The monoisotopic (exact) mass is 365 g/mol. The molecule has 21 heavy (non-hydrogen) atoms. The number of hydrogen-bond acceptors (Lipinski definition) is 4. The number of fused-ring (bicyclic) bond motifs is 1. The lowest BCUT2D eigenvalue weighted by Crippen LogP contribution is -2.12. The highest BCUT2D eigenvalue weighted by Gasteiger charge is 2.11. The molecule has 1 heterocycles. The second kappa shape index (κ2) is 5.42. The van der Waals surface area contributed by atoms with E-state index in [9.17, 15) is 9.18 Å². The predicted molar refractivity (Wildman–Crippen MR) is 86.1 cm³/mol. The Morgan fingerprint density at radius 1 is 1.29 bits per heavy atom. The van der Waals surface area contributed by atoms with Crippen molar-refractivity contribution < 1.29 is 9.18 Å². The number of nitrogens with one attached hydrogen (secondary N) is 1. The van der Waals surface area contributed by atoms with Gasteiger partial charge in [0.1, 0.15) is 5.82 Å². The number of benzene rings is 2. The molecular weight excluding hydrogens is 357 g/mol. The molecule has 3 rings (SSSR count). The lowest BCUT2D eigenvalue weighted by molar-refractivity contribution is 0.102. The molecule has 0 saturated heterocycles. The fourth-order valence-corrected chi connectivity index (χ4v) is 2.99. The number of carbonyl (C=O) groups is 1. The molecular formula is C14H9BrFN3OS. The Morgan fingerprint density at radius 3 is 2.90 bits per heavy atom. The SMILES string of the molecule is Nc1nc2ccc(C(=O)Nc3cc(F)ccc3Br)cc2s1. The van der Waals surface area contributed by atoms with Crippen LogP contribution >= 0.6 is 27.3 Å². The van der Waals surface area contributed by atoms with Crippen LogP contribution < -0.4 is 11.1 Å². The molecule has 106 valence electrons. The van der Waals surface area contributed by atoms with Gasteiger partial charge in [0.2, 0.25) is 0 Å². The Bertz CT molecular complexity index is 849. The number of nitrogens with two attached hydrogens (primary N) is 1. The van der Waals surface area contributed by atoms with Crippen molar-refractivity contribution in [2.24, 2.45) is 0 Å². The van der Waals surface area contributed by atoms with Crippen molar-refractivity contribution >= 4 is 54.2 Å². The molecule has 0 aliphatic heterocycles. The third-order valence-electron chi connectivity index (χ3n) is 2.84. The summed E-state index contributed by atoms with van der Waals surface area (Å²) >= 11 is 4.58. The highest BCUT2D eigenvalue weighted by Crippen LogP contribution is 2.26. The molecule has 3 N–H and O–H groups in total. The van der Waals surface area contributed by atoms with E-state index in [0.29, 0.717) is 20.9 Å². The summed E-state index contributed by atoms with van der Waals surface area (Å²) in [6.07, 6.45) is 0. The van der Waals surface area contributed by atoms with Gasteiger partial charge in [-0.2, -0.15) is 0 Å². The van der Waals surface area contributed by atoms with Gasteiger partial charge in [0.25, 0.3) is 5.91 Å². The second-order valence-corrected chi connectivity index (χ2v) is 6.23. The van der Waals surface area contributed by atoms with E-state index in [4.69, 9.17) is 5.73 Å². The zero-order valence-corrected chi connectivity index (χ0v) is 13.0. The summed E-state index contributed by atoms with van der Waals surface area (Å²) in [7, 11) is 0. The molecule has 0 aliphatic rings. The van der Waals surface area contributed by atoms with E-state index in [1.165, 1.54) is 29.5 Å². The van der Waals surface area contributed by atoms with Crippen LogP contribution in [0.4, 0.5) is 15.2 Å². The fraction of sp³-hybridized carbons (Fsp3) is 0. The molecule has 7 heteroatoms. The lowest BCUT2D eigenvalue weighted by atomic mass is 10.2. The van der Waals surface area contributed by atoms with E-state index in [1.807, 2.05) is 0 Å². The van der Waals surface area contributed by atoms with Crippen molar-refractivity contribution in [2.45, 2.75) is 0 Å². The molecule has 3 aromatic rings. The van der Waals surface area contributed by atoms with Gasteiger partial charge >= 0.3 is 0 Å². The molecule has 0 atom stereocenters. The minimum Gasteiger partial charge on any atom is -0.375 e. The number of nitrogen functional groups attached to an aromatic ring is 1. The van der Waals surface area contributed by atoms with Crippen molar-refractivity contribution in [2.75, 3.05) is 11.1 Å². The van der Waals surface area contributed by atoms with Gasteiger partial charge in [-0.3, -0.25) is 4.79 Å². The van der Waals surface area contributed by atoms with Crippen molar-refractivity contribution in [1.82, 2.24) is 4.98 Å². The molecule has 0 radical (unpaired) electrons. The predicted octanol–water partition coefficient (Wildman–Crippen LogP) is 4.03. The average molecular weight is 366 g/mol. The quantitative estimate of drug-likeness (QED) is 0.720. The standard InChI is InChI=1S/C14H9BrFN3OS/c15-9-3-2-8(16)6-11(9)18-13(20)7-1-4-10-12(5-7)21-14(17)19-10/h1-6H,(H2,17,19)(H,18,20). The third-order valence-corrected chi connectivity index (χ3v) is 4.38. The van der Waals surface area contributed by atoms with Crippen molar-refractivity contribution in [3.8, 4) is 0 Å². The van der Waals surface area contributed by atoms with Crippen LogP contribution in [-0.4, -0.2) is 10.9 Å². The zero-order chi connectivity index (χ0) is 15.0. The minimum atomic E-state index is -0.417. The van der Waals surface area contributed by atoms with Gasteiger partial charge in [-0.15, -0.1) is 0 Å². The fourth-order valence-electron chi connectivity index (χ4n) is 1.87. The molecule has 0 saturated carbocycles. The van der Waals surface area contributed by atoms with E-state index in [-0.39, 0.29) is 5.91 Å². The van der Waals surface area contributed by atoms with Gasteiger partial charge < -0.3 is 11.1 Å². The van der Waals surface area contributed by atoms with Crippen LogP contribution in [0.15, 0.2) is 40.9 Å². The van der Waals surface area contributed by atoms with Gasteiger partial charge in [0.05, 0.1) is 15.9 Å². The molecule has 1 amide bonds. The van der Waals surface area contributed by atoms with Crippen molar-refractivity contribution in [3.63, 3.8) is 0 Å². The summed E-state index contributed by atoms with van der Waals surface area (Å²) in [6.45, 7) is 0. The second-order valence-electron chi connectivity index (χ2n) is 4.31. The number of rotatable bonds is 2. The zero-order valence-electron chi connectivity index (χ0n) is 10.6. The largest absolute Gasteiger partial charge is 0.375 e. The molecule has 2 aromatic carbocycles. The average Bonchev–Trinajstić information content (AvgIpc) is 2.81. The number of halogens is 2. The lowest BCUT2D eigenvalue weighted by Gasteiger charge is -2.07. The van der Waals surface area contributed by atoms with Crippen molar-refractivity contribution in [1.29, 1.82) is 0 Å². The van der Waals surface area contributed by atoms with Crippen molar-refractivity contribution in [3.05, 3.63) is 52.3 Å². The van der Waals surface area contributed by atoms with Crippen LogP contribution in [0.2, 0.25) is 0 Å². The molecule has 0 aliphatic carbocycles. The number of aromatic nitrogens is 1. The van der Waals surface area contributed by atoms with E-state index in [1.54, 1.807) is 18.2 Å². The number of hydrogen-bond donors (Lipinski definition) is 2. The molecule has 1 aromatic heterocycles. The van der Waals surface area contributed by atoms with Gasteiger partial charge in [0.15, 0.2) is 5.13 Å². The van der Waals surface area contributed by atoms with Gasteiger partial charge in [-0.25, -0.2) is 9.37 Å². The van der Waals surface area contributed by atoms with Crippen LogP contribution in [0.25, 0.3) is 10.2 Å². The molecule has 4 nitrogen and oxygen atoms in total. The summed E-state index contributed by atoms with van der Waals surface area (Å²) in [5.41, 5.74) is 7.23. The first-order valence-electron chi connectivity index (χ1n) is 5.95. The summed E-state index contributed by atoms with van der Waals surface area (Å²) < 4.78 is 14.7. The van der Waals surface area contributed by atoms with Crippen LogP contribution in [0, 0.1) is 5.82 Å². The van der Waals surface area contributed by atoms with Gasteiger partial charge in [0, 0.05) is 10.0 Å². The Labute approximate surface area is 131 Å². The van der Waals surface area contributed by atoms with Crippen LogP contribution in [0.3, 0.4) is 0 Å². The first-order valence-corrected chi connectivity index (χ1v) is 7.56. The molecule has 0 fully saturated rings. The van der Waals surface area contributed by atoms with E-state index >= 15 is 0 Å². The van der Waals surface area contributed by atoms with Gasteiger partial charge in [-0.05, 0) is 52.3 Å². The molecule has 0 spiro atoms. The highest BCUT2D eigenvalue weighted by molar-refractivity contribution is 9.10. The Kier molecular flexibility index (Phi) is 3.60. The number of anilines is 2. The number of amides is 1. The van der Waals surface area contributed by atoms with Gasteiger partial charge in [-0.1, -0.05) is 11.3 Å². The van der Waals surface area contributed by atoms with E-state index in [2.05, 4.69) is 26.2 Å². The smallest absolute Gasteiger partial charge is 0.255 e. The van der Waals surface area contributed by atoms with Crippen LogP contribution in [-0.2, 0) is 0 Å². The Morgan fingerprint density at radius 2 is 2.10 bits per heavy atom. The maximum absolute atomic E-state index is 13.2.